The molecule has 0 radical (unpaired) electrons. The lowest BCUT2D eigenvalue weighted by molar-refractivity contribution is -0.274. The molecule has 4 nitrogen and oxygen atoms in total. The van der Waals surface area contributed by atoms with Gasteiger partial charge in [-0.2, -0.15) is 0 Å². The van der Waals surface area contributed by atoms with Gasteiger partial charge >= 0.3 is 6.36 Å². The lowest BCUT2D eigenvalue weighted by atomic mass is 9.97. The summed E-state index contributed by atoms with van der Waals surface area (Å²) >= 11 is 0. The van der Waals surface area contributed by atoms with Crippen molar-refractivity contribution < 1.29 is 22.7 Å². The largest absolute Gasteiger partial charge is 0.573 e. The number of ether oxygens (including phenoxy) is 1. The van der Waals surface area contributed by atoms with Gasteiger partial charge < -0.3 is 15.0 Å². The summed E-state index contributed by atoms with van der Waals surface area (Å²) in [7, 11) is 3.49. The SMILES string of the molecule is CC(=O)Nc1ccc(-c2ccccc2)c(CN(C)C)c1OC(F)(F)F.Cl. The van der Waals surface area contributed by atoms with Gasteiger partial charge in [0.05, 0.1) is 5.69 Å². The first-order valence-electron chi connectivity index (χ1n) is 7.56. The normalized spacial score (nSPS) is 11.0. The Kier molecular flexibility index (Phi) is 7.47. The van der Waals surface area contributed by atoms with Crippen LogP contribution in [0.1, 0.15) is 12.5 Å². The molecule has 1 amide bonds. The number of hydrogen-bond donors (Lipinski definition) is 1. The van der Waals surface area contributed by atoms with E-state index in [2.05, 4.69) is 10.1 Å². The fourth-order valence-corrected chi connectivity index (χ4v) is 2.51. The zero-order valence-corrected chi connectivity index (χ0v) is 15.4. The standard InChI is InChI=1S/C18H19F3N2O2.ClH/c1-12(24)22-16-10-9-14(13-7-5-4-6-8-13)15(11-23(2)3)17(16)25-18(19,20)21;/h4-10H,11H2,1-3H3,(H,22,24);1H. The van der Waals surface area contributed by atoms with E-state index in [1.165, 1.54) is 13.0 Å². The smallest absolute Gasteiger partial charge is 0.403 e. The molecule has 0 heterocycles. The third-order valence-corrected chi connectivity index (χ3v) is 3.35. The molecule has 0 unspecified atom stereocenters. The highest BCUT2D eigenvalue weighted by Gasteiger charge is 2.34. The first-order chi connectivity index (χ1) is 11.7. The molecule has 0 saturated heterocycles. The number of anilines is 1. The van der Waals surface area contributed by atoms with Crippen LogP contribution in [0.15, 0.2) is 42.5 Å². The maximum Gasteiger partial charge on any atom is 0.573 e. The molecule has 26 heavy (non-hydrogen) atoms. The molecule has 2 rings (SSSR count). The molecule has 0 aromatic heterocycles. The van der Waals surface area contributed by atoms with E-state index in [-0.39, 0.29) is 24.6 Å². The lowest BCUT2D eigenvalue weighted by Gasteiger charge is -2.22. The molecular weight excluding hydrogens is 369 g/mol. The summed E-state index contributed by atoms with van der Waals surface area (Å²) in [5.74, 6) is -0.868. The Bertz CT molecular complexity index is 750. The molecule has 0 spiro atoms. The van der Waals surface area contributed by atoms with Gasteiger partial charge in [0.2, 0.25) is 5.91 Å². The van der Waals surface area contributed by atoms with Crippen LogP contribution in [-0.4, -0.2) is 31.3 Å². The van der Waals surface area contributed by atoms with E-state index in [1.54, 1.807) is 37.2 Å². The second-order valence-electron chi connectivity index (χ2n) is 5.80. The van der Waals surface area contributed by atoms with Crippen LogP contribution in [0.2, 0.25) is 0 Å². The Hall–Kier alpha value is -2.25. The number of carbonyl (C=O) groups is 1. The van der Waals surface area contributed by atoms with Crippen LogP contribution in [0.25, 0.3) is 11.1 Å². The number of rotatable bonds is 5. The molecule has 0 aliphatic carbocycles. The van der Waals surface area contributed by atoms with Crippen LogP contribution in [0.3, 0.4) is 0 Å². The number of hydrogen-bond acceptors (Lipinski definition) is 3. The van der Waals surface area contributed by atoms with E-state index in [1.807, 2.05) is 18.2 Å². The van der Waals surface area contributed by atoms with Gasteiger partial charge in [0.1, 0.15) is 0 Å². The monoisotopic (exact) mass is 388 g/mol. The van der Waals surface area contributed by atoms with Gasteiger partial charge in [0.15, 0.2) is 5.75 Å². The molecule has 0 fully saturated rings. The second-order valence-corrected chi connectivity index (χ2v) is 5.80. The number of carbonyl (C=O) groups excluding carboxylic acids is 1. The summed E-state index contributed by atoms with van der Waals surface area (Å²) in [6.45, 7) is 1.44. The highest BCUT2D eigenvalue weighted by molar-refractivity contribution is 5.92. The molecule has 0 aliphatic rings. The first-order valence-corrected chi connectivity index (χ1v) is 7.56. The van der Waals surface area contributed by atoms with Crippen molar-refractivity contribution in [3.63, 3.8) is 0 Å². The molecule has 0 atom stereocenters. The van der Waals surface area contributed by atoms with E-state index >= 15 is 0 Å². The Morgan fingerprint density at radius 1 is 1.12 bits per heavy atom. The highest BCUT2D eigenvalue weighted by atomic mass is 35.5. The molecule has 0 aliphatic heterocycles. The van der Waals surface area contributed by atoms with Gasteiger partial charge in [-0.3, -0.25) is 4.79 Å². The summed E-state index contributed by atoms with van der Waals surface area (Å²) in [6, 6.07) is 12.2. The molecule has 0 bridgehead atoms. The molecule has 2 aromatic carbocycles. The predicted molar refractivity (Wildman–Crippen MR) is 97.5 cm³/mol. The number of nitrogens with one attached hydrogen (secondary N) is 1. The van der Waals surface area contributed by atoms with E-state index in [9.17, 15) is 18.0 Å². The predicted octanol–water partition coefficient (Wildman–Crippen LogP) is 4.69. The number of halogens is 4. The minimum Gasteiger partial charge on any atom is -0.403 e. The number of nitrogens with zero attached hydrogens (tertiary/aromatic N) is 1. The Labute approximate surface area is 156 Å². The van der Waals surface area contributed by atoms with Gasteiger partial charge in [0.25, 0.3) is 0 Å². The van der Waals surface area contributed by atoms with Crippen molar-refractivity contribution >= 4 is 24.0 Å². The van der Waals surface area contributed by atoms with E-state index in [4.69, 9.17) is 0 Å². The zero-order chi connectivity index (χ0) is 18.6. The molecule has 1 N–H and O–H groups in total. The molecule has 0 saturated carbocycles. The average Bonchev–Trinajstić information content (AvgIpc) is 2.49. The van der Waals surface area contributed by atoms with Gasteiger partial charge in [-0.05, 0) is 31.3 Å². The van der Waals surface area contributed by atoms with Gasteiger partial charge in [-0.1, -0.05) is 36.4 Å². The van der Waals surface area contributed by atoms with Crippen molar-refractivity contribution in [2.75, 3.05) is 19.4 Å². The maximum atomic E-state index is 13.0. The fraction of sp³-hybridized carbons (Fsp3) is 0.278. The van der Waals surface area contributed by atoms with Crippen LogP contribution in [0, 0.1) is 0 Å². The van der Waals surface area contributed by atoms with Crippen molar-refractivity contribution in [2.45, 2.75) is 19.8 Å². The fourth-order valence-electron chi connectivity index (χ4n) is 2.51. The molecule has 2 aromatic rings. The average molecular weight is 389 g/mol. The van der Waals surface area contributed by atoms with E-state index in [0.717, 1.165) is 5.56 Å². The minimum atomic E-state index is -4.87. The number of alkyl halides is 3. The summed E-state index contributed by atoms with van der Waals surface area (Å²) in [4.78, 5) is 13.1. The van der Waals surface area contributed by atoms with Crippen molar-refractivity contribution in [3.05, 3.63) is 48.0 Å². The van der Waals surface area contributed by atoms with Crippen LogP contribution in [-0.2, 0) is 11.3 Å². The van der Waals surface area contributed by atoms with Gasteiger partial charge in [0, 0.05) is 19.0 Å². The van der Waals surface area contributed by atoms with Crippen molar-refractivity contribution in [1.82, 2.24) is 4.90 Å². The molecular formula is C18H20ClF3N2O2. The van der Waals surface area contributed by atoms with Crippen LogP contribution >= 0.6 is 12.4 Å². The molecule has 8 heteroatoms. The highest BCUT2D eigenvalue weighted by Crippen LogP contribution is 2.40. The first kappa shape index (κ1) is 21.8. The Morgan fingerprint density at radius 3 is 2.23 bits per heavy atom. The summed E-state index contributed by atoms with van der Waals surface area (Å²) in [6.07, 6.45) is -4.87. The van der Waals surface area contributed by atoms with Crippen molar-refractivity contribution in [3.8, 4) is 16.9 Å². The summed E-state index contributed by atoms with van der Waals surface area (Å²) in [5, 5.41) is 2.41. The van der Waals surface area contributed by atoms with E-state index in [0.29, 0.717) is 11.1 Å². The summed E-state index contributed by atoms with van der Waals surface area (Å²) < 4.78 is 43.2. The van der Waals surface area contributed by atoms with Gasteiger partial charge in [-0.25, -0.2) is 0 Å². The van der Waals surface area contributed by atoms with Crippen LogP contribution in [0.5, 0.6) is 5.75 Å². The van der Waals surface area contributed by atoms with Crippen molar-refractivity contribution in [1.29, 1.82) is 0 Å². The quantitative estimate of drug-likeness (QED) is 0.807. The van der Waals surface area contributed by atoms with E-state index < -0.39 is 18.0 Å². The minimum absolute atomic E-state index is 0. The zero-order valence-electron chi connectivity index (χ0n) is 14.6. The summed E-state index contributed by atoms with van der Waals surface area (Å²) in [5.41, 5.74) is 1.71. The second kappa shape index (κ2) is 8.91. The van der Waals surface area contributed by atoms with Gasteiger partial charge in [-0.15, -0.1) is 25.6 Å². The topological polar surface area (TPSA) is 41.6 Å². The Balaban J connectivity index is 0.00000338. The van der Waals surface area contributed by atoms with Crippen LogP contribution in [0.4, 0.5) is 18.9 Å². The maximum absolute atomic E-state index is 13.0. The Morgan fingerprint density at radius 2 is 1.73 bits per heavy atom. The molecule has 142 valence electrons. The van der Waals surface area contributed by atoms with Crippen molar-refractivity contribution in [2.24, 2.45) is 0 Å². The number of amides is 1. The lowest BCUT2D eigenvalue weighted by Crippen LogP contribution is -2.22. The third-order valence-electron chi connectivity index (χ3n) is 3.35. The van der Waals surface area contributed by atoms with Crippen LogP contribution < -0.4 is 10.1 Å². The third kappa shape index (κ3) is 5.93. The number of benzene rings is 2.